The number of nitrogens with one attached hydrogen (secondary N) is 1. The van der Waals surface area contributed by atoms with Gasteiger partial charge in [-0.2, -0.15) is 0 Å². The van der Waals surface area contributed by atoms with Crippen molar-refractivity contribution in [3.05, 3.63) is 13.6 Å². The van der Waals surface area contributed by atoms with E-state index in [4.69, 9.17) is 0 Å². The lowest BCUT2D eigenvalue weighted by atomic mass is 10.0. The molecule has 1 aromatic heterocycles. The van der Waals surface area contributed by atoms with Crippen molar-refractivity contribution in [2.45, 2.75) is 37.2 Å². The van der Waals surface area contributed by atoms with Crippen LogP contribution in [0.25, 0.3) is 0 Å². The molecule has 0 aromatic carbocycles. The lowest BCUT2D eigenvalue weighted by molar-refractivity contribution is 0.0554. The summed E-state index contributed by atoms with van der Waals surface area (Å²) in [6.07, 6.45) is 1.34. The van der Waals surface area contributed by atoms with Gasteiger partial charge in [0.15, 0.2) is 0 Å². The molecular weight excluding hydrogens is 406 g/mol. The molecule has 0 aliphatic carbocycles. The topological polar surface area (TPSA) is 66.4 Å². The number of aliphatic hydroxyl groups is 1. The fourth-order valence-corrected chi connectivity index (χ4v) is 6.44. The molecule has 1 atom stereocenters. The Hall–Kier alpha value is 0.530. The number of thiophene rings is 1. The van der Waals surface area contributed by atoms with Crippen molar-refractivity contribution in [3.63, 3.8) is 0 Å². The summed E-state index contributed by atoms with van der Waals surface area (Å²) in [7, 11) is -3.60. The zero-order valence-corrected chi connectivity index (χ0v) is 14.8. The molecule has 4 nitrogen and oxygen atoms in total. The molecule has 0 aliphatic heterocycles. The van der Waals surface area contributed by atoms with Gasteiger partial charge in [-0.25, -0.2) is 13.1 Å². The van der Waals surface area contributed by atoms with Gasteiger partial charge in [-0.15, -0.1) is 11.3 Å². The highest BCUT2D eigenvalue weighted by Crippen LogP contribution is 2.34. The van der Waals surface area contributed by atoms with E-state index in [1.165, 1.54) is 17.4 Å². The number of rotatable bonds is 6. The highest BCUT2D eigenvalue weighted by molar-refractivity contribution is 9.12. The molecular formula is C10H15Br2NO3S2. The van der Waals surface area contributed by atoms with E-state index >= 15 is 0 Å². The average molecular weight is 421 g/mol. The van der Waals surface area contributed by atoms with Gasteiger partial charge in [0.1, 0.15) is 4.90 Å². The van der Waals surface area contributed by atoms with Crippen LogP contribution in [0.2, 0.25) is 0 Å². The van der Waals surface area contributed by atoms with Gasteiger partial charge in [0.25, 0.3) is 0 Å². The van der Waals surface area contributed by atoms with E-state index in [0.717, 1.165) is 10.2 Å². The first-order valence-corrected chi connectivity index (χ1v) is 9.23. The molecule has 1 unspecified atom stereocenters. The van der Waals surface area contributed by atoms with Crippen LogP contribution in [0.15, 0.2) is 18.5 Å². The van der Waals surface area contributed by atoms with Gasteiger partial charge in [0.05, 0.1) is 13.2 Å². The highest BCUT2D eigenvalue weighted by Gasteiger charge is 2.25. The van der Waals surface area contributed by atoms with Gasteiger partial charge in [-0.3, -0.25) is 0 Å². The zero-order chi connectivity index (χ0) is 14.0. The number of halogens is 2. The largest absolute Gasteiger partial charge is 0.389 e. The summed E-state index contributed by atoms with van der Waals surface area (Å²) in [6, 6.07) is 1.53. The maximum Gasteiger partial charge on any atom is 0.242 e. The molecule has 8 heteroatoms. The van der Waals surface area contributed by atoms with Crippen molar-refractivity contribution >= 4 is 53.2 Å². The van der Waals surface area contributed by atoms with Gasteiger partial charge in [0.2, 0.25) is 10.0 Å². The maximum absolute atomic E-state index is 12.1. The van der Waals surface area contributed by atoms with Crippen LogP contribution >= 0.6 is 43.2 Å². The maximum atomic E-state index is 12.1. The van der Waals surface area contributed by atoms with Crippen LogP contribution in [0, 0.1) is 0 Å². The van der Waals surface area contributed by atoms with Crippen molar-refractivity contribution in [1.82, 2.24) is 4.72 Å². The quantitative estimate of drug-likeness (QED) is 0.742. The second kappa shape index (κ2) is 6.32. The van der Waals surface area contributed by atoms with Gasteiger partial charge < -0.3 is 5.11 Å². The molecule has 0 radical (unpaired) electrons. The van der Waals surface area contributed by atoms with E-state index < -0.39 is 15.6 Å². The number of sulfonamides is 1. The van der Waals surface area contributed by atoms with Gasteiger partial charge >= 0.3 is 0 Å². The summed E-state index contributed by atoms with van der Waals surface area (Å²) >= 11 is 7.74. The molecule has 0 spiro atoms. The molecule has 1 rings (SSSR count). The monoisotopic (exact) mass is 419 g/mol. The van der Waals surface area contributed by atoms with Crippen LogP contribution < -0.4 is 4.72 Å². The van der Waals surface area contributed by atoms with Crippen molar-refractivity contribution in [1.29, 1.82) is 0 Å². The molecule has 104 valence electrons. The van der Waals surface area contributed by atoms with E-state index in [-0.39, 0.29) is 11.4 Å². The molecule has 18 heavy (non-hydrogen) atoms. The predicted molar refractivity (Wildman–Crippen MR) is 80.4 cm³/mol. The van der Waals surface area contributed by atoms with Crippen LogP contribution in [-0.4, -0.2) is 25.7 Å². The Labute approximate surface area is 128 Å². The third-order valence-electron chi connectivity index (χ3n) is 2.35. The Morgan fingerprint density at radius 3 is 2.56 bits per heavy atom. The van der Waals surface area contributed by atoms with Gasteiger partial charge in [0, 0.05) is 6.54 Å². The summed E-state index contributed by atoms with van der Waals surface area (Å²) < 4.78 is 27.8. The standard InChI is InChI=1S/C10H15Br2NO3S2/c1-3-4-10(2,14)6-13-18(15,16)7-5-8(11)17-9(7)12/h5,13-14H,3-4,6H2,1-2H3. The number of hydrogen-bond donors (Lipinski definition) is 2. The van der Waals surface area contributed by atoms with Crippen LogP contribution in [0.1, 0.15) is 26.7 Å². The first kappa shape index (κ1) is 16.6. The fourth-order valence-electron chi connectivity index (χ4n) is 1.46. The minimum Gasteiger partial charge on any atom is -0.389 e. The molecule has 1 heterocycles. The lowest BCUT2D eigenvalue weighted by Gasteiger charge is -2.22. The second-order valence-corrected chi connectivity index (χ2v) is 9.74. The van der Waals surface area contributed by atoms with Crippen molar-refractivity contribution < 1.29 is 13.5 Å². The smallest absolute Gasteiger partial charge is 0.242 e. The summed E-state index contributed by atoms with van der Waals surface area (Å²) in [5.74, 6) is 0. The van der Waals surface area contributed by atoms with Crippen LogP contribution in [0.4, 0.5) is 0 Å². The Morgan fingerprint density at radius 1 is 1.50 bits per heavy atom. The second-order valence-electron chi connectivity index (χ2n) is 4.26. The summed E-state index contributed by atoms with van der Waals surface area (Å²) in [4.78, 5) is 0.187. The Kier molecular flexibility index (Phi) is 5.82. The molecule has 0 bridgehead atoms. The molecule has 0 saturated carbocycles. The first-order valence-electron chi connectivity index (χ1n) is 5.35. The van der Waals surface area contributed by atoms with E-state index in [1.807, 2.05) is 6.92 Å². The summed E-state index contributed by atoms with van der Waals surface area (Å²) in [5, 5.41) is 9.95. The van der Waals surface area contributed by atoms with E-state index in [2.05, 4.69) is 36.6 Å². The van der Waals surface area contributed by atoms with E-state index in [1.54, 1.807) is 6.92 Å². The van der Waals surface area contributed by atoms with E-state index in [0.29, 0.717) is 10.2 Å². The summed E-state index contributed by atoms with van der Waals surface area (Å²) in [6.45, 7) is 3.57. The molecule has 0 amide bonds. The number of hydrogen-bond acceptors (Lipinski definition) is 4. The summed E-state index contributed by atoms with van der Waals surface area (Å²) in [5.41, 5.74) is -1.03. The Bertz CT molecular complexity index is 511. The van der Waals surface area contributed by atoms with E-state index in [9.17, 15) is 13.5 Å². The van der Waals surface area contributed by atoms with Gasteiger partial charge in [-0.05, 0) is 51.3 Å². The lowest BCUT2D eigenvalue weighted by Crippen LogP contribution is -2.40. The molecule has 2 N–H and O–H groups in total. The third-order valence-corrected chi connectivity index (χ3v) is 6.50. The van der Waals surface area contributed by atoms with Crippen molar-refractivity contribution in [3.8, 4) is 0 Å². The minimum absolute atomic E-state index is 0.00305. The first-order chi connectivity index (χ1) is 8.18. The molecule has 0 aliphatic rings. The average Bonchev–Trinajstić information content (AvgIpc) is 2.56. The van der Waals surface area contributed by atoms with Crippen LogP contribution in [-0.2, 0) is 10.0 Å². The zero-order valence-electron chi connectivity index (χ0n) is 10.0. The third kappa shape index (κ3) is 4.57. The highest BCUT2D eigenvalue weighted by atomic mass is 79.9. The Balaban J connectivity index is 2.81. The van der Waals surface area contributed by atoms with Crippen molar-refractivity contribution in [2.24, 2.45) is 0 Å². The molecule has 0 fully saturated rings. The SMILES string of the molecule is CCCC(C)(O)CNS(=O)(=O)c1cc(Br)sc1Br. The fraction of sp³-hybridized carbons (Fsp3) is 0.600. The predicted octanol–water partition coefficient (Wildman–Crippen LogP) is 3.10. The van der Waals surface area contributed by atoms with Crippen molar-refractivity contribution in [2.75, 3.05) is 6.54 Å². The Morgan fingerprint density at radius 2 is 2.11 bits per heavy atom. The normalized spacial score (nSPS) is 15.6. The molecule has 0 saturated heterocycles. The van der Waals surface area contributed by atoms with Crippen LogP contribution in [0.5, 0.6) is 0 Å². The van der Waals surface area contributed by atoms with Gasteiger partial charge in [-0.1, -0.05) is 13.3 Å². The van der Waals surface area contributed by atoms with Crippen LogP contribution in [0.3, 0.4) is 0 Å². The minimum atomic E-state index is -3.60. The molecule has 1 aromatic rings.